The minimum atomic E-state index is 0.0437. The van der Waals surface area contributed by atoms with Crippen molar-refractivity contribution in [2.75, 3.05) is 33.8 Å². The van der Waals surface area contributed by atoms with Crippen LogP contribution in [0.25, 0.3) is 0 Å². The van der Waals surface area contributed by atoms with Crippen molar-refractivity contribution >= 4 is 5.91 Å². The summed E-state index contributed by atoms with van der Waals surface area (Å²) in [6.07, 6.45) is 3.06. The maximum Gasteiger partial charge on any atom is 0.254 e. The van der Waals surface area contributed by atoms with Crippen molar-refractivity contribution in [1.29, 1.82) is 0 Å². The quantitative estimate of drug-likeness (QED) is 0.839. The number of methoxy groups -OCH3 is 1. The van der Waals surface area contributed by atoms with Crippen molar-refractivity contribution in [2.24, 2.45) is 0 Å². The van der Waals surface area contributed by atoms with Crippen LogP contribution in [0, 0.1) is 0 Å². The van der Waals surface area contributed by atoms with Gasteiger partial charge in [0.1, 0.15) is 17.4 Å². The van der Waals surface area contributed by atoms with Crippen LogP contribution in [0.3, 0.4) is 0 Å². The lowest BCUT2D eigenvalue weighted by Gasteiger charge is -2.22. The third-order valence-electron chi connectivity index (χ3n) is 5.48. The van der Waals surface area contributed by atoms with E-state index >= 15 is 0 Å². The first-order valence-corrected chi connectivity index (χ1v) is 9.23. The van der Waals surface area contributed by atoms with E-state index in [0.29, 0.717) is 30.4 Å². The Morgan fingerprint density at radius 2 is 2.08 bits per heavy atom. The van der Waals surface area contributed by atoms with Crippen LogP contribution < -0.4 is 4.74 Å². The lowest BCUT2D eigenvalue weighted by Crippen LogP contribution is -2.34. The lowest BCUT2D eigenvalue weighted by molar-refractivity contribution is 0.0758. The van der Waals surface area contributed by atoms with Gasteiger partial charge in [0.25, 0.3) is 5.91 Å². The van der Waals surface area contributed by atoms with E-state index in [0.717, 1.165) is 37.6 Å². The summed E-state index contributed by atoms with van der Waals surface area (Å²) in [5.41, 5.74) is 0.665. The Labute approximate surface area is 153 Å². The summed E-state index contributed by atoms with van der Waals surface area (Å²) in [5, 5.41) is 8.89. The normalized spacial score (nSPS) is 20.7. The molecule has 1 saturated heterocycles. The van der Waals surface area contributed by atoms with Gasteiger partial charge in [0.05, 0.1) is 13.2 Å². The second-order valence-electron chi connectivity index (χ2n) is 7.04. The first-order valence-electron chi connectivity index (χ1n) is 9.23. The molecule has 1 unspecified atom stereocenters. The Morgan fingerprint density at radius 3 is 2.85 bits per heavy atom. The Kier molecular flexibility index (Phi) is 4.63. The fourth-order valence-electron chi connectivity index (χ4n) is 3.97. The molecule has 0 aliphatic carbocycles. The molecule has 2 aromatic rings. The van der Waals surface area contributed by atoms with Gasteiger partial charge in [-0.2, -0.15) is 0 Å². The highest BCUT2D eigenvalue weighted by atomic mass is 16.5. The van der Waals surface area contributed by atoms with Gasteiger partial charge in [-0.1, -0.05) is 6.07 Å². The van der Waals surface area contributed by atoms with Gasteiger partial charge >= 0.3 is 0 Å². The molecule has 0 spiro atoms. The summed E-state index contributed by atoms with van der Waals surface area (Å²) in [4.78, 5) is 17.2. The fourth-order valence-corrected chi connectivity index (χ4v) is 3.97. The van der Waals surface area contributed by atoms with Gasteiger partial charge < -0.3 is 14.2 Å². The third kappa shape index (κ3) is 3.07. The average molecular weight is 355 g/mol. The van der Waals surface area contributed by atoms with Gasteiger partial charge in [-0.15, -0.1) is 10.2 Å². The van der Waals surface area contributed by atoms with Gasteiger partial charge in [-0.25, -0.2) is 0 Å². The largest absolute Gasteiger partial charge is 0.497 e. The second-order valence-corrected chi connectivity index (χ2v) is 7.04. The Balaban J connectivity index is 1.51. The Hall–Kier alpha value is -2.41. The first kappa shape index (κ1) is 17.0. The van der Waals surface area contributed by atoms with Gasteiger partial charge in [-0.05, 0) is 44.6 Å². The summed E-state index contributed by atoms with van der Waals surface area (Å²) in [6.45, 7) is 3.18. The summed E-state index contributed by atoms with van der Waals surface area (Å²) < 4.78 is 7.47. The number of amides is 1. The molecule has 0 radical (unpaired) electrons. The molecule has 1 aromatic carbocycles. The van der Waals surface area contributed by atoms with E-state index in [1.54, 1.807) is 13.2 Å². The predicted octanol–water partition coefficient (Wildman–Crippen LogP) is 1.75. The number of likely N-dealkylation sites (tertiary alicyclic amines) is 1. The van der Waals surface area contributed by atoms with Crippen LogP contribution in [0.15, 0.2) is 24.3 Å². The van der Waals surface area contributed by atoms with Gasteiger partial charge in [0.15, 0.2) is 0 Å². The molecule has 7 nitrogen and oxygen atoms in total. The molecule has 4 rings (SSSR count). The highest BCUT2D eigenvalue weighted by Gasteiger charge is 2.30. The highest BCUT2D eigenvalue weighted by Crippen LogP contribution is 2.30. The van der Waals surface area contributed by atoms with E-state index in [2.05, 4.69) is 26.7 Å². The molecule has 1 aromatic heterocycles. The molecule has 0 N–H and O–H groups in total. The third-order valence-corrected chi connectivity index (χ3v) is 5.48. The number of hydrogen-bond acceptors (Lipinski definition) is 5. The van der Waals surface area contributed by atoms with Gasteiger partial charge in [-0.3, -0.25) is 9.69 Å². The molecule has 1 amide bonds. The average Bonchev–Trinajstić information content (AvgIpc) is 3.20. The topological polar surface area (TPSA) is 63.5 Å². The van der Waals surface area contributed by atoms with Crippen LogP contribution in [0.1, 0.15) is 40.9 Å². The van der Waals surface area contributed by atoms with E-state index in [4.69, 9.17) is 4.74 Å². The van der Waals surface area contributed by atoms with Crippen molar-refractivity contribution in [2.45, 2.75) is 31.8 Å². The zero-order valence-corrected chi connectivity index (χ0v) is 15.4. The standard InChI is InChI=1S/C19H25N5O2/c1-22-9-4-7-16(22)18-21-20-17-8-10-23(11-12-24(17)18)19(25)14-5-3-6-15(13-14)26-2/h3,5-6,13,16H,4,7-12H2,1-2H3. The van der Waals surface area contributed by atoms with Crippen molar-refractivity contribution in [3.63, 3.8) is 0 Å². The van der Waals surface area contributed by atoms with E-state index in [-0.39, 0.29) is 5.91 Å². The number of hydrogen-bond donors (Lipinski definition) is 0. The summed E-state index contributed by atoms with van der Waals surface area (Å²) in [7, 11) is 3.76. The predicted molar refractivity (Wildman–Crippen MR) is 97.2 cm³/mol. The van der Waals surface area contributed by atoms with Crippen LogP contribution >= 0.6 is 0 Å². The van der Waals surface area contributed by atoms with E-state index < -0.39 is 0 Å². The van der Waals surface area contributed by atoms with Crippen LogP contribution in [0.4, 0.5) is 0 Å². The minimum Gasteiger partial charge on any atom is -0.497 e. The van der Waals surface area contributed by atoms with Crippen molar-refractivity contribution in [3.8, 4) is 5.75 Å². The number of nitrogens with zero attached hydrogens (tertiary/aromatic N) is 5. The van der Waals surface area contributed by atoms with Crippen LogP contribution in [0.5, 0.6) is 5.75 Å². The number of benzene rings is 1. The van der Waals surface area contributed by atoms with Crippen molar-refractivity contribution in [1.82, 2.24) is 24.6 Å². The maximum absolute atomic E-state index is 12.9. The molecule has 1 fully saturated rings. The zero-order chi connectivity index (χ0) is 18.1. The first-order chi connectivity index (χ1) is 12.7. The summed E-state index contributed by atoms with van der Waals surface area (Å²) in [5.74, 6) is 2.79. The molecular weight excluding hydrogens is 330 g/mol. The molecule has 0 saturated carbocycles. The molecule has 0 bridgehead atoms. The molecule has 1 atom stereocenters. The SMILES string of the molecule is COc1cccc(C(=O)N2CCc3nnc(C4CCCN4C)n3CC2)c1. The Morgan fingerprint density at radius 1 is 1.19 bits per heavy atom. The molecule has 2 aliphatic heterocycles. The summed E-state index contributed by atoms with van der Waals surface area (Å²) in [6, 6.07) is 7.69. The zero-order valence-electron chi connectivity index (χ0n) is 15.4. The molecule has 26 heavy (non-hydrogen) atoms. The Bertz CT molecular complexity index is 803. The number of carbonyl (C=O) groups excluding carboxylic acids is 1. The number of rotatable bonds is 3. The number of aromatic nitrogens is 3. The number of ether oxygens (including phenoxy) is 1. The minimum absolute atomic E-state index is 0.0437. The van der Waals surface area contributed by atoms with Gasteiger partial charge in [0, 0.05) is 31.6 Å². The summed E-state index contributed by atoms with van der Waals surface area (Å²) >= 11 is 0. The van der Waals surface area contributed by atoms with Crippen LogP contribution in [-0.4, -0.2) is 64.3 Å². The monoisotopic (exact) mass is 355 g/mol. The molecular formula is C19H25N5O2. The van der Waals surface area contributed by atoms with Gasteiger partial charge in [0.2, 0.25) is 0 Å². The van der Waals surface area contributed by atoms with Crippen LogP contribution in [0.2, 0.25) is 0 Å². The van der Waals surface area contributed by atoms with Crippen molar-refractivity contribution in [3.05, 3.63) is 41.5 Å². The molecule has 3 heterocycles. The maximum atomic E-state index is 12.9. The van der Waals surface area contributed by atoms with E-state index in [1.165, 1.54) is 6.42 Å². The van der Waals surface area contributed by atoms with E-state index in [9.17, 15) is 4.79 Å². The molecule has 138 valence electrons. The molecule has 7 heteroatoms. The smallest absolute Gasteiger partial charge is 0.254 e. The highest BCUT2D eigenvalue weighted by molar-refractivity contribution is 5.94. The van der Waals surface area contributed by atoms with E-state index in [1.807, 2.05) is 23.1 Å². The lowest BCUT2D eigenvalue weighted by atomic mass is 10.2. The number of fused-ring (bicyclic) bond motifs is 1. The van der Waals surface area contributed by atoms with Crippen LogP contribution in [-0.2, 0) is 13.0 Å². The van der Waals surface area contributed by atoms with Crippen molar-refractivity contribution < 1.29 is 9.53 Å². The molecule has 2 aliphatic rings. The fraction of sp³-hybridized carbons (Fsp3) is 0.526. The second kappa shape index (κ2) is 7.07. The number of carbonyl (C=O) groups is 1.